The number of aliphatic hydroxyl groups excluding tert-OH is 1. The van der Waals surface area contributed by atoms with Crippen molar-refractivity contribution in [2.75, 3.05) is 6.54 Å². The van der Waals surface area contributed by atoms with E-state index in [4.69, 9.17) is 0 Å². The van der Waals surface area contributed by atoms with Crippen molar-refractivity contribution in [3.63, 3.8) is 0 Å². The number of nitrogens with one attached hydrogen (secondary N) is 1. The molecule has 5 nitrogen and oxygen atoms in total. The number of amides is 1. The number of benzene rings is 3. The average Bonchev–Trinajstić information content (AvgIpc) is 3.37. The van der Waals surface area contributed by atoms with Gasteiger partial charge in [-0.1, -0.05) is 78.9 Å². The number of carbonyl (C=O) groups is 2. The fourth-order valence-corrected chi connectivity index (χ4v) is 4.42. The summed E-state index contributed by atoms with van der Waals surface area (Å²) in [5, 5.41) is 12.1. The highest BCUT2D eigenvalue weighted by Crippen LogP contribution is 2.39. The van der Waals surface area contributed by atoms with Gasteiger partial charge < -0.3 is 15.0 Å². The summed E-state index contributed by atoms with van der Waals surface area (Å²) in [6.07, 6.45) is 2.54. The van der Waals surface area contributed by atoms with Crippen molar-refractivity contribution in [1.29, 1.82) is 0 Å². The predicted molar refractivity (Wildman–Crippen MR) is 124 cm³/mol. The number of aromatic amines is 1. The van der Waals surface area contributed by atoms with Crippen molar-refractivity contribution >= 4 is 28.4 Å². The number of Topliss-reactive ketones (excluding diaryl/α,β-unsaturated/α-hetero) is 1. The van der Waals surface area contributed by atoms with Crippen LogP contribution in [-0.2, 0) is 16.0 Å². The summed E-state index contributed by atoms with van der Waals surface area (Å²) in [4.78, 5) is 31.0. The third-order valence-corrected chi connectivity index (χ3v) is 6.00. The summed E-state index contributed by atoms with van der Waals surface area (Å²) < 4.78 is 0. The number of nitrogens with zero attached hydrogens (tertiary/aromatic N) is 1. The third kappa shape index (κ3) is 3.38. The lowest BCUT2D eigenvalue weighted by molar-refractivity contribution is -0.139. The Hall–Kier alpha value is -4.12. The molecule has 158 valence electrons. The van der Waals surface area contributed by atoms with Gasteiger partial charge in [-0.25, -0.2) is 0 Å². The molecule has 2 heterocycles. The maximum atomic E-state index is 13.1. The molecule has 1 aromatic heterocycles. The number of hydrogen-bond acceptors (Lipinski definition) is 3. The van der Waals surface area contributed by atoms with E-state index >= 15 is 0 Å². The summed E-state index contributed by atoms with van der Waals surface area (Å²) >= 11 is 0. The number of rotatable bonds is 5. The molecule has 0 spiro atoms. The van der Waals surface area contributed by atoms with E-state index in [0.29, 0.717) is 18.5 Å². The Balaban J connectivity index is 1.55. The van der Waals surface area contributed by atoms with Crippen molar-refractivity contribution < 1.29 is 14.7 Å². The zero-order valence-corrected chi connectivity index (χ0v) is 17.4. The molecular weight excluding hydrogens is 400 g/mol. The zero-order chi connectivity index (χ0) is 22.1. The van der Waals surface area contributed by atoms with E-state index in [0.717, 1.165) is 22.0 Å². The number of hydrogen-bond donors (Lipinski definition) is 2. The Labute approximate surface area is 185 Å². The maximum Gasteiger partial charge on any atom is 0.295 e. The largest absolute Gasteiger partial charge is 0.507 e. The second-order valence-corrected chi connectivity index (χ2v) is 7.88. The Kier molecular flexibility index (Phi) is 5.07. The minimum absolute atomic E-state index is 0.131. The van der Waals surface area contributed by atoms with Gasteiger partial charge in [0, 0.05) is 29.2 Å². The Morgan fingerprint density at radius 2 is 1.53 bits per heavy atom. The van der Waals surface area contributed by atoms with Gasteiger partial charge in [-0.3, -0.25) is 9.59 Å². The topological polar surface area (TPSA) is 73.4 Å². The second-order valence-electron chi connectivity index (χ2n) is 7.88. The number of H-pyrrole nitrogens is 1. The molecule has 1 aliphatic heterocycles. The van der Waals surface area contributed by atoms with E-state index in [2.05, 4.69) is 4.98 Å². The third-order valence-electron chi connectivity index (χ3n) is 6.00. The highest BCUT2D eigenvalue weighted by molar-refractivity contribution is 6.46. The summed E-state index contributed by atoms with van der Waals surface area (Å²) in [7, 11) is 0. The number of fused-ring (bicyclic) bond motifs is 1. The molecule has 0 bridgehead atoms. The molecule has 1 saturated heterocycles. The molecule has 1 amide bonds. The zero-order valence-electron chi connectivity index (χ0n) is 17.4. The van der Waals surface area contributed by atoms with Gasteiger partial charge in [0.25, 0.3) is 11.7 Å². The van der Waals surface area contributed by atoms with Gasteiger partial charge >= 0.3 is 0 Å². The summed E-state index contributed by atoms with van der Waals surface area (Å²) in [5.74, 6) is -1.39. The van der Waals surface area contributed by atoms with Crippen molar-refractivity contribution in [2.45, 2.75) is 12.5 Å². The van der Waals surface area contributed by atoms with Crippen LogP contribution in [0.25, 0.3) is 16.7 Å². The molecule has 3 aromatic carbocycles. The van der Waals surface area contributed by atoms with Crippen LogP contribution in [0.3, 0.4) is 0 Å². The number of aliphatic hydroxyl groups is 1. The molecule has 1 unspecified atom stereocenters. The lowest BCUT2D eigenvalue weighted by atomic mass is 9.95. The summed E-state index contributed by atoms with van der Waals surface area (Å²) in [6, 6.07) is 25.7. The van der Waals surface area contributed by atoms with Crippen LogP contribution < -0.4 is 0 Å². The van der Waals surface area contributed by atoms with Crippen LogP contribution in [0.4, 0.5) is 0 Å². The fraction of sp³-hybridized carbons (Fsp3) is 0.111. The van der Waals surface area contributed by atoms with E-state index in [9.17, 15) is 14.7 Å². The van der Waals surface area contributed by atoms with Gasteiger partial charge in [0.15, 0.2) is 0 Å². The lowest BCUT2D eigenvalue weighted by Crippen LogP contribution is -2.31. The van der Waals surface area contributed by atoms with E-state index in [1.54, 1.807) is 29.2 Å². The van der Waals surface area contributed by atoms with Crippen molar-refractivity contribution in [3.05, 3.63) is 113 Å². The van der Waals surface area contributed by atoms with Crippen LogP contribution in [-0.4, -0.2) is 33.2 Å². The quantitative estimate of drug-likeness (QED) is 0.275. The molecule has 5 heteroatoms. The average molecular weight is 422 g/mol. The SMILES string of the molecule is O=C1C(=O)N(CCc2c[nH]c3ccccc23)C(c2ccccc2)/C1=C(/O)c1ccccc1. The van der Waals surface area contributed by atoms with Gasteiger partial charge in [0.1, 0.15) is 5.76 Å². The second kappa shape index (κ2) is 8.19. The van der Waals surface area contributed by atoms with Crippen LogP contribution in [0.15, 0.2) is 96.7 Å². The molecule has 1 aliphatic rings. The van der Waals surface area contributed by atoms with E-state index in [1.165, 1.54) is 0 Å². The maximum absolute atomic E-state index is 13.1. The predicted octanol–water partition coefficient (Wildman–Crippen LogP) is 4.83. The number of ketones is 1. The van der Waals surface area contributed by atoms with Crippen LogP contribution in [0.5, 0.6) is 0 Å². The molecule has 1 fully saturated rings. The van der Waals surface area contributed by atoms with Crippen LogP contribution in [0.2, 0.25) is 0 Å². The fourth-order valence-electron chi connectivity index (χ4n) is 4.42. The number of likely N-dealkylation sites (tertiary alicyclic amines) is 1. The Morgan fingerprint density at radius 3 is 2.28 bits per heavy atom. The highest BCUT2D eigenvalue weighted by atomic mass is 16.3. The van der Waals surface area contributed by atoms with E-state index in [-0.39, 0.29) is 11.3 Å². The molecular formula is C27H22N2O3. The monoisotopic (exact) mass is 422 g/mol. The first-order valence-corrected chi connectivity index (χ1v) is 10.6. The Bertz CT molecular complexity index is 1320. The first-order chi connectivity index (χ1) is 15.6. The first-order valence-electron chi connectivity index (χ1n) is 10.6. The molecule has 2 N–H and O–H groups in total. The molecule has 32 heavy (non-hydrogen) atoms. The first kappa shape index (κ1) is 19.8. The van der Waals surface area contributed by atoms with Crippen LogP contribution >= 0.6 is 0 Å². The van der Waals surface area contributed by atoms with Gasteiger partial charge in [-0.15, -0.1) is 0 Å². The van der Waals surface area contributed by atoms with E-state index in [1.807, 2.05) is 66.9 Å². The van der Waals surface area contributed by atoms with Crippen LogP contribution in [0.1, 0.15) is 22.7 Å². The molecule has 0 radical (unpaired) electrons. The minimum atomic E-state index is -0.654. The molecule has 4 aromatic rings. The van der Waals surface area contributed by atoms with Crippen molar-refractivity contribution in [3.8, 4) is 0 Å². The molecule has 0 saturated carbocycles. The van der Waals surface area contributed by atoms with E-state index < -0.39 is 17.7 Å². The highest BCUT2D eigenvalue weighted by Gasteiger charge is 2.45. The smallest absolute Gasteiger partial charge is 0.295 e. The van der Waals surface area contributed by atoms with Gasteiger partial charge in [-0.2, -0.15) is 0 Å². The van der Waals surface area contributed by atoms with Crippen LogP contribution in [0, 0.1) is 0 Å². The molecule has 0 aliphatic carbocycles. The number of para-hydroxylation sites is 1. The molecule has 1 atom stereocenters. The number of aromatic nitrogens is 1. The van der Waals surface area contributed by atoms with Gasteiger partial charge in [0.05, 0.1) is 11.6 Å². The minimum Gasteiger partial charge on any atom is -0.507 e. The normalized spacial score (nSPS) is 17.9. The summed E-state index contributed by atoms with van der Waals surface area (Å²) in [6.45, 7) is 0.359. The van der Waals surface area contributed by atoms with Gasteiger partial charge in [0.2, 0.25) is 0 Å². The Morgan fingerprint density at radius 1 is 0.875 bits per heavy atom. The van der Waals surface area contributed by atoms with Gasteiger partial charge in [-0.05, 0) is 23.6 Å². The van der Waals surface area contributed by atoms with Crippen molar-refractivity contribution in [2.24, 2.45) is 0 Å². The number of carbonyl (C=O) groups excluding carboxylic acids is 2. The standard InChI is InChI=1S/C27H22N2O3/c30-25(19-11-5-2-6-12-19)23-24(18-9-3-1-4-10-18)29(27(32)26(23)31)16-15-20-17-28-22-14-8-7-13-21(20)22/h1-14,17,24,28,30H,15-16H2/b25-23-. The summed E-state index contributed by atoms with van der Waals surface area (Å²) in [5.41, 5.74) is 3.56. The lowest BCUT2D eigenvalue weighted by Gasteiger charge is -2.25. The molecule has 5 rings (SSSR count). The van der Waals surface area contributed by atoms with Crippen molar-refractivity contribution in [1.82, 2.24) is 9.88 Å².